The van der Waals surface area contributed by atoms with Crippen molar-refractivity contribution >= 4 is 22.3 Å². The topological polar surface area (TPSA) is 54.6 Å². The van der Waals surface area contributed by atoms with Crippen LogP contribution in [0.5, 0.6) is 0 Å². The van der Waals surface area contributed by atoms with E-state index in [9.17, 15) is 9.90 Å². The van der Waals surface area contributed by atoms with Crippen LogP contribution in [0.1, 0.15) is 60.4 Å². The number of hydrogen-bond donors (Lipinski definition) is 1. The molecule has 1 saturated carbocycles. The maximum atomic E-state index is 11.6. The third kappa shape index (κ3) is 1.65. The number of aromatic nitrogens is 2. The molecular weight excluding hydrogens is 248 g/mol. The van der Waals surface area contributed by atoms with Crippen LogP contribution in [-0.4, -0.2) is 20.5 Å². The summed E-state index contributed by atoms with van der Waals surface area (Å²) in [6, 6.07) is 0. The van der Waals surface area contributed by atoms with Gasteiger partial charge in [-0.1, -0.05) is 19.8 Å². The lowest BCUT2D eigenvalue weighted by molar-refractivity contribution is 0.0687. The van der Waals surface area contributed by atoms with E-state index >= 15 is 0 Å². The van der Waals surface area contributed by atoms with Gasteiger partial charge in [0.25, 0.3) is 0 Å². The van der Waals surface area contributed by atoms with Gasteiger partial charge in [-0.05, 0) is 19.3 Å². The Morgan fingerprint density at radius 1 is 1.56 bits per heavy atom. The van der Waals surface area contributed by atoms with Crippen molar-refractivity contribution in [1.82, 2.24) is 9.38 Å². The average molecular weight is 264 g/mol. The van der Waals surface area contributed by atoms with E-state index in [0.717, 1.165) is 35.6 Å². The van der Waals surface area contributed by atoms with Gasteiger partial charge in [-0.15, -0.1) is 11.3 Å². The molecule has 0 bridgehead atoms. The third-order valence-corrected chi connectivity index (χ3v) is 4.64. The highest BCUT2D eigenvalue weighted by Crippen LogP contribution is 2.36. The fourth-order valence-corrected chi connectivity index (χ4v) is 3.84. The second-order valence-electron chi connectivity index (χ2n) is 4.83. The second kappa shape index (κ2) is 4.39. The Morgan fingerprint density at radius 2 is 2.28 bits per heavy atom. The minimum atomic E-state index is -0.850. The number of carbonyl (C=O) groups is 1. The molecule has 0 aromatic carbocycles. The molecule has 0 unspecified atom stereocenters. The lowest BCUT2D eigenvalue weighted by Gasteiger charge is -2.07. The van der Waals surface area contributed by atoms with Crippen molar-refractivity contribution in [3.8, 4) is 0 Å². The molecule has 3 rings (SSSR count). The Morgan fingerprint density at radius 3 is 2.89 bits per heavy atom. The number of thiazole rings is 1. The highest BCUT2D eigenvalue weighted by molar-refractivity contribution is 7.15. The molecule has 4 nitrogen and oxygen atoms in total. The van der Waals surface area contributed by atoms with Gasteiger partial charge in [-0.25, -0.2) is 9.78 Å². The van der Waals surface area contributed by atoms with Gasteiger partial charge in [0.2, 0.25) is 0 Å². The highest BCUT2D eigenvalue weighted by Gasteiger charge is 2.28. The Labute approximate surface area is 109 Å². The molecular formula is C13H16N2O2S. The van der Waals surface area contributed by atoms with Crippen LogP contribution in [0.25, 0.3) is 4.96 Å². The molecule has 1 fully saturated rings. The third-order valence-electron chi connectivity index (χ3n) is 3.77. The number of carboxylic acid groups (broad SMARTS) is 1. The van der Waals surface area contributed by atoms with Crippen LogP contribution in [0.3, 0.4) is 0 Å². The first-order chi connectivity index (χ1) is 8.72. The molecule has 1 aliphatic rings. The number of aromatic carboxylic acids is 1. The summed E-state index contributed by atoms with van der Waals surface area (Å²) in [6.07, 6.45) is 5.37. The van der Waals surface area contributed by atoms with E-state index in [1.54, 1.807) is 0 Å². The van der Waals surface area contributed by atoms with Crippen molar-refractivity contribution in [2.75, 3.05) is 0 Å². The summed E-state index contributed by atoms with van der Waals surface area (Å²) < 4.78 is 1.83. The first-order valence-electron chi connectivity index (χ1n) is 6.44. The molecule has 0 spiro atoms. The summed E-state index contributed by atoms with van der Waals surface area (Å²) in [5, 5.41) is 11.5. The van der Waals surface area contributed by atoms with Crippen LogP contribution in [0.15, 0.2) is 5.38 Å². The van der Waals surface area contributed by atoms with Crippen LogP contribution in [0.2, 0.25) is 0 Å². The molecule has 2 aromatic heterocycles. The van der Waals surface area contributed by atoms with E-state index < -0.39 is 5.97 Å². The molecule has 0 saturated heterocycles. The number of rotatable bonds is 3. The average Bonchev–Trinajstić information content (AvgIpc) is 3.03. The number of nitrogens with zero attached hydrogens (tertiary/aromatic N) is 2. The van der Waals surface area contributed by atoms with Crippen molar-refractivity contribution in [2.45, 2.75) is 44.9 Å². The normalized spacial score (nSPS) is 16.7. The second-order valence-corrected chi connectivity index (χ2v) is 5.67. The number of carboxylic acids is 1. The van der Waals surface area contributed by atoms with Crippen LogP contribution in [0.4, 0.5) is 0 Å². The fourth-order valence-electron chi connectivity index (χ4n) is 2.87. The molecule has 0 radical (unpaired) electrons. The van der Waals surface area contributed by atoms with Gasteiger partial charge in [0.05, 0.1) is 5.69 Å². The van der Waals surface area contributed by atoms with Crippen molar-refractivity contribution in [3.05, 3.63) is 22.5 Å². The van der Waals surface area contributed by atoms with E-state index in [0.29, 0.717) is 11.6 Å². The standard InChI is InChI=1S/C13H16N2O2S/c1-2-9-7-18-13-14-10(8-5-3-4-6-8)11(12(16)17)15(9)13/h7-8H,2-6H2,1H3,(H,16,17). The fraction of sp³-hybridized carbons (Fsp3) is 0.538. The van der Waals surface area contributed by atoms with Gasteiger partial charge >= 0.3 is 5.97 Å². The molecule has 2 heterocycles. The molecule has 18 heavy (non-hydrogen) atoms. The molecule has 2 aromatic rings. The zero-order chi connectivity index (χ0) is 12.7. The van der Waals surface area contributed by atoms with Crippen molar-refractivity contribution in [1.29, 1.82) is 0 Å². The molecule has 1 aliphatic carbocycles. The van der Waals surface area contributed by atoms with Crippen molar-refractivity contribution in [2.24, 2.45) is 0 Å². The van der Waals surface area contributed by atoms with Gasteiger partial charge in [-0.3, -0.25) is 4.40 Å². The summed E-state index contributed by atoms with van der Waals surface area (Å²) in [4.78, 5) is 17.0. The van der Waals surface area contributed by atoms with Crippen LogP contribution < -0.4 is 0 Å². The number of imidazole rings is 1. The van der Waals surface area contributed by atoms with E-state index in [4.69, 9.17) is 0 Å². The molecule has 0 atom stereocenters. The van der Waals surface area contributed by atoms with Gasteiger partial charge in [0.1, 0.15) is 0 Å². The lowest BCUT2D eigenvalue weighted by Crippen LogP contribution is -2.09. The molecule has 0 amide bonds. The number of fused-ring (bicyclic) bond motifs is 1. The highest BCUT2D eigenvalue weighted by atomic mass is 32.1. The Hall–Kier alpha value is -1.36. The van der Waals surface area contributed by atoms with Crippen molar-refractivity contribution in [3.63, 3.8) is 0 Å². The maximum absolute atomic E-state index is 11.6. The summed E-state index contributed by atoms with van der Waals surface area (Å²) in [7, 11) is 0. The monoisotopic (exact) mass is 264 g/mol. The van der Waals surface area contributed by atoms with E-state index in [-0.39, 0.29) is 0 Å². The first kappa shape index (κ1) is 11.7. The van der Waals surface area contributed by atoms with Gasteiger partial charge in [0.15, 0.2) is 10.7 Å². The Kier molecular flexibility index (Phi) is 2.86. The number of aryl methyl sites for hydroxylation is 1. The zero-order valence-corrected chi connectivity index (χ0v) is 11.2. The van der Waals surface area contributed by atoms with Crippen LogP contribution >= 0.6 is 11.3 Å². The smallest absolute Gasteiger partial charge is 0.354 e. The zero-order valence-electron chi connectivity index (χ0n) is 10.3. The lowest BCUT2D eigenvalue weighted by atomic mass is 10.0. The minimum Gasteiger partial charge on any atom is -0.477 e. The predicted octanol–water partition coefficient (Wildman–Crippen LogP) is 3.31. The van der Waals surface area contributed by atoms with Gasteiger partial charge in [-0.2, -0.15) is 0 Å². The Bertz CT molecular complexity index is 593. The van der Waals surface area contributed by atoms with E-state index in [1.165, 1.54) is 24.2 Å². The van der Waals surface area contributed by atoms with Crippen LogP contribution in [0, 0.1) is 0 Å². The number of hydrogen-bond acceptors (Lipinski definition) is 3. The molecule has 0 aliphatic heterocycles. The van der Waals surface area contributed by atoms with E-state index in [2.05, 4.69) is 4.98 Å². The largest absolute Gasteiger partial charge is 0.477 e. The SMILES string of the molecule is CCc1csc2nc(C3CCCC3)c(C(=O)O)n12. The van der Waals surface area contributed by atoms with Gasteiger partial charge in [0, 0.05) is 17.0 Å². The Balaban J connectivity index is 2.21. The summed E-state index contributed by atoms with van der Waals surface area (Å²) in [5.41, 5.74) is 2.25. The minimum absolute atomic E-state index is 0.341. The van der Waals surface area contributed by atoms with E-state index in [1.807, 2.05) is 16.7 Å². The predicted molar refractivity (Wildman–Crippen MR) is 70.6 cm³/mol. The summed E-state index contributed by atoms with van der Waals surface area (Å²) in [5.74, 6) is -0.509. The molecule has 5 heteroatoms. The first-order valence-corrected chi connectivity index (χ1v) is 7.32. The van der Waals surface area contributed by atoms with Crippen LogP contribution in [-0.2, 0) is 6.42 Å². The quantitative estimate of drug-likeness (QED) is 0.925. The van der Waals surface area contributed by atoms with Gasteiger partial charge < -0.3 is 5.11 Å². The summed E-state index contributed by atoms with van der Waals surface area (Å²) in [6.45, 7) is 2.04. The summed E-state index contributed by atoms with van der Waals surface area (Å²) >= 11 is 1.54. The molecule has 1 N–H and O–H groups in total. The molecule has 96 valence electrons. The van der Waals surface area contributed by atoms with Crippen molar-refractivity contribution < 1.29 is 9.90 Å². The maximum Gasteiger partial charge on any atom is 0.354 e.